The van der Waals surface area contributed by atoms with Gasteiger partial charge in [0.25, 0.3) is 0 Å². The fourth-order valence-electron chi connectivity index (χ4n) is 6.34. The summed E-state index contributed by atoms with van der Waals surface area (Å²) < 4.78 is 0. The number of rotatable bonds is 11. The molecule has 46 heavy (non-hydrogen) atoms. The van der Waals surface area contributed by atoms with Crippen LogP contribution >= 0.6 is 0 Å². The summed E-state index contributed by atoms with van der Waals surface area (Å²) >= 11 is 0. The van der Waals surface area contributed by atoms with Crippen LogP contribution < -0.4 is 38.9 Å². The number of hydrogen-bond donors (Lipinski definition) is 8. The molecule has 4 rings (SSSR count). The molecule has 2 aromatic rings. The Hall–Kier alpha value is -4.04. The zero-order valence-electron chi connectivity index (χ0n) is 26.6. The molecule has 1 unspecified atom stereocenters. The van der Waals surface area contributed by atoms with Crippen molar-refractivity contribution in [2.45, 2.75) is 74.5 Å². The molecule has 4 amide bonds. The Balaban J connectivity index is 1.81. The van der Waals surface area contributed by atoms with E-state index >= 15 is 0 Å². The number of likely N-dealkylation sites (N-methyl/N-ethyl adjacent to an activating group) is 1. The molecule has 1 aliphatic carbocycles. The third kappa shape index (κ3) is 7.17. The molecule has 0 radical (unpaired) electrons. The maximum absolute atomic E-state index is 14.3. The van der Waals surface area contributed by atoms with Crippen LogP contribution in [0.5, 0.6) is 5.75 Å². The van der Waals surface area contributed by atoms with E-state index < -0.39 is 53.2 Å². The van der Waals surface area contributed by atoms with Crippen molar-refractivity contribution in [1.29, 1.82) is 0 Å². The van der Waals surface area contributed by atoms with Crippen LogP contribution in [0.3, 0.4) is 0 Å². The first-order valence-electron chi connectivity index (χ1n) is 16.0. The van der Waals surface area contributed by atoms with Crippen LogP contribution in [0.4, 0.5) is 0 Å². The molecule has 13 nitrogen and oxygen atoms in total. The Morgan fingerprint density at radius 2 is 1.78 bits per heavy atom. The fraction of sp³-hybridized carbons (Fsp3) is 0.515. The van der Waals surface area contributed by atoms with Gasteiger partial charge in [0, 0.05) is 32.0 Å². The largest absolute Gasteiger partial charge is 0.508 e. The van der Waals surface area contributed by atoms with E-state index in [9.17, 15) is 24.3 Å². The van der Waals surface area contributed by atoms with Gasteiger partial charge in [-0.25, -0.2) is 0 Å². The lowest BCUT2D eigenvalue weighted by molar-refractivity contribution is -0.144. The molecule has 1 heterocycles. The van der Waals surface area contributed by atoms with Gasteiger partial charge in [-0.3, -0.25) is 19.2 Å². The number of nitrogens with zero attached hydrogens (tertiary/aromatic N) is 1. The number of benzene rings is 2. The van der Waals surface area contributed by atoms with E-state index in [1.165, 1.54) is 4.90 Å². The van der Waals surface area contributed by atoms with E-state index in [0.717, 1.165) is 16.7 Å². The highest BCUT2D eigenvalue weighted by molar-refractivity contribution is 6.00. The Morgan fingerprint density at radius 1 is 1.07 bits per heavy atom. The molecular formula is C33H48N8O5. The van der Waals surface area contributed by atoms with E-state index in [1.807, 2.05) is 30.3 Å². The van der Waals surface area contributed by atoms with Gasteiger partial charge in [0.05, 0.1) is 6.04 Å². The molecule has 13 heteroatoms. The summed E-state index contributed by atoms with van der Waals surface area (Å²) in [5.41, 5.74) is 25.1. The number of carbonyl (C=O) groups excluding carboxylic acids is 4. The second kappa shape index (κ2) is 15.0. The summed E-state index contributed by atoms with van der Waals surface area (Å²) in [6, 6.07) is 9.86. The second-order valence-electron chi connectivity index (χ2n) is 12.3. The minimum absolute atomic E-state index is 0.00744. The van der Waals surface area contributed by atoms with Crippen molar-refractivity contribution < 1.29 is 24.3 Å². The van der Waals surface area contributed by atoms with Crippen LogP contribution in [0.15, 0.2) is 42.5 Å². The summed E-state index contributed by atoms with van der Waals surface area (Å²) in [5, 5.41) is 19.2. The van der Waals surface area contributed by atoms with E-state index in [0.29, 0.717) is 37.8 Å². The number of fused-ring (bicyclic) bond motifs is 7. The Labute approximate surface area is 269 Å². The van der Waals surface area contributed by atoms with Gasteiger partial charge < -0.3 is 48.9 Å². The van der Waals surface area contributed by atoms with Crippen LogP contribution in [-0.2, 0) is 19.2 Å². The van der Waals surface area contributed by atoms with Crippen LogP contribution in [-0.4, -0.2) is 90.5 Å². The average molecular weight is 637 g/mol. The number of carbonyl (C=O) groups is 4. The van der Waals surface area contributed by atoms with Gasteiger partial charge >= 0.3 is 0 Å². The first-order valence-corrected chi connectivity index (χ1v) is 16.0. The second-order valence-corrected chi connectivity index (χ2v) is 12.3. The van der Waals surface area contributed by atoms with E-state index in [1.54, 1.807) is 26.1 Å². The summed E-state index contributed by atoms with van der Waals surface area (Å²) in [7, 11) is 1.55. The first-order chi connectivity index (χ1) is 22.0. The Bertz CT molecular complexity index is 1440. The number of aromatic hydroxyl groups is 1. The number of nitrogens with two attached hydrogens (primary N) is 4. The standard InChI is InChI=1S/C33H48N8O5/c1-19-23-17-21(10-11-27(23)42)20-6-3-7-22(16-20)24-18-33(24,32(46)40-25(8-4-12-34)29(43)38-15-14-36)41(2)31(45)26(9-5-13-35)39-30(44)28(19)37/h3,6-7,10-11,16-17,19,24-26,28,42H,4-5,8-9,12-15,18,34-37H2,1-2H3,(H,38,43)(H,39,44)(H,40,46)/t19-,24+,25-,26-,28-,33?/m0/s1. The normalized spacial score (nSPS) is 25.0. The van der Waals surface area contributed by atoms with E-state index in [4.69, 9.17) is 22.9 Å². The highest BCUT2D eigenvalue weighted by Crippen LogP contribution is 2.56. The van der Waals surface area contributed by atoms with E-state index in [2.05, 4.69) is 16.0 Å². The minimum atomic E-state index is -1.34. The van der Waals surface area contributed by atoms with Crippen LogP contribution in [0.1, 0.15) is 62.0 Å². The molecule has 0 aromatic heterocycles. The van der Waals surface area contributed by atoms with E-state index in [-0.39, 0.29) is 37.7 Å². The molecule has 2 aliphatic rings. The van der Waals surface area contributed by atoms with Gasteiger partial charge in [-0.05, 0) is 79.6 Å². The highest BCUT2D eigenvalue weighted by Gasteiger charge is 2.65. The molecule has 0 saturated heterocycles. The lowest BCUT2D eigenvalue weighted by Gasteiger charge is -2.34. The zero-order chi connectivity index (χ0) is 33.6. The van der Waals surface area contributed by atoms with Crippen molar-refractivity contribution in [3.8, 4) is 16.9 Å². The average Bonchev–Trinajstić information content (AvgIpc) is 3.83. The predicted octanol–water partition coefficient (Wildman–Crippen LogP) is -0.290. The van der Waals surface area contributed by atoms with Crippen molar-refractivity contribution >= 4 is 23.6 Å². The monoisotopic (exact) mass is 636 g/mol. The van der Waals surface area contributed by atoms with Crippen LogP contribution in [0, 0.1) is 0 Å². The number of phenolic OH excluding ortho intramolecular Hbond substituents is 1. The first kappa shape index (κ1) is 34.8. The molecule has 2 aromatic carbocycles. The maximum atomic E-state index is 14.3. The Kier molecular flexibility index (Phi) is 11.4. The summed E-state index contributed by atoms with van der Waals surface area (Å²) in [4.78, 5) is 56.5. The molecule has 1 fully saturated rings. The molecule has 1 aliphatic heterocycles. The fourth-order valence-corrected chi connectivity index (χ4v) is 6.34. The molecule has 1 saturated carbocycles. The van der Waals surface area contributed by atoms with Crippen molar-refractivity contribution in [3.63, 3.8) is 0 Å². The van der Waals surface area contributed by atoms with Crippen molar-refractivity contribution in [2.24, 2.45) is 22.9 Å². The molecule has 250 valence electrons. The van der Waals surface area contributed by atoms with Gasteiger partial charge in [-0.2, -0.15) is 0 Å². The van der Waals surface area contributed by atoms with Crippen molar-refractivity contribution in [2.75, 3.05) is 33.2 Å². The van der Waals surface area contributed by atoms with Crippen LogP contribution in [0.2, 0.25) is 0 Å². The van der Waals surface area contributed by atoms with Crippen molar-refractivity contribution in [3.05, 3.63) is 53.6 Å². The summed E-state index contributed by atoms with van der Waals surface area (Å²) in [6.07, 6.45) is 1.76. The van der Waals surface area contributed by atoms with Gasteiger partial charge in [0.1, 0.15) is 23.4 Å². The predicted molar refractivity (Wildman–Crippen MR) is 175 cm³/mol. The smallest absolute Gasteiger partial charge is 0.247 e. The molecule has 4 bridgehead atoms. The Morgan fingerprint density at radius 3 is 2.48 bits per heavy atom. The SMILES string of the molecule is C[C@H]1c2cc(ccc2O)-c2cccc(c2)[C@H]2CC2(C(=O)N[C@@H](CCCN)C(=O)NCCN)N(C)C(=O)[C@H](CCCN)NC(=O)[C@H]1N. The third-order valence-electron chi connectivity index (χ3n) is 9.31. The maximum Gasteiger partial charge on any atom is 0.247 e. The van der Waals surface area contributed by atoms with Gasteiger partial charge in [0.2, 0.25) is 23.6 Å². The molecule has 0 spiro atoms. The topological polar surface area (TPSA) is 232 Å². The van der Waals surface area contributed by atoms with Gasteiger partial charge in [-0.15, -0.1) is 0 Å². The number of phenols is 1. The summed E-state index contributed by atoms with van der Waals surface area (Å²) in [6.45, 7) is 2.85. The van der Waals surface area contributed by atoms with Crippen LogP contribution in [0.25, 0.3) is 11.1 Å². The summed E-state index contributed by atoms with van der Waals surface area (Å²) in [5.74, 6) is -2.88. The molecular weight excluding hydrogens is 588 g/mol. The lowest BCUT2D eigenvalue weighted by Crippen LogP contribution is -2.60. The third-order valence-corrected chi connectivity index (χ3v) is 9.31. The lowest BCUT2D eigenvalue weighted by atomic mass is 9.89. The highest BCUT2D eigenvalue weighted by atomic mass is 16.3. The van der Waals surface area contributed by atoms with Gasteiger partial charge in [0.15, 0.2) is 0 Å². The minimum Gasteiger partial charge on any atom is -0.508 e. The van der Waals surface area contributed by atoms with Crippen molar-refractivity contribution in [1.82, 2.24) is 20.9 Å². The number of hydrogen-bond acceptors (Lipinski definition) is 9. The number of amides is 4. The molecule has 12 N–H and O–H groups in total. The zero-order valence-corrected chi connectivity index (χ0v) is 26.6. The quantitative estimate of drug-likeness (QED) is 0.162. The number of nitrogens with one attached hydrogen (secondary N) is 3. The molecule has 6 atom stereocenters. The van der Waals surface area contributed by atoms with Gasteiger partial charge in [-0.1, -0.05) is 37.3 Å².